The largest absolute Gasteiger partial charge is 0.573 e. The van der Waals surface area contributed by atoms with Crippen LogP contribution in [0.1, 0.15) is 5.56 Å². The van der Waals surface area contributed by atoms with Gasteiger partial charge in [0.1, 0.15) is 17.9 Å². The first kappa shape index (κ1) is 20.6. The first-order chi connectivity index (χ1) is 13.8. The molecule has 1 aliphatic heterocycles. The molecule has 3 rings (SSSR count). The number of hydrogen-bond donors (Lipinski definition) is 3. The minimum atomic E-state index is -4.75. The Kier molecular flexibility index (Phi) is 6.32. The zero-order chi connectivity index (χ0) is 20.9. The molecule has 150 valence electrons. The molecule has 2 aromatic carbocycles. The van der Waals surface area contributed by atoms with Gasteiger partial charge in [0.2, 0.25) is 0 Å². The zero-order valence-electron chi connectivity index (χ0n) is 14.8. The van der Waals surface area contributed by atoms with Crippen LogP contribution in [0, 0.1) is 5.41 Å². The molecule has 0 saturated carbocycles. The molecule has 0 aromatic heterocycles. The first-order valence-corrected chi connectivity index (χ1v) is 9.10. The highest BCUT2D eigenvalue weighted by Gasteiger charge is 2.31. The zero-order valence-corrected chi connectivity index (χ0v) is 16.4. The summed E-state index contributed by atoms with van der Waals surface area (Å²) in [5, 5.41) is 14.1. The summed E-state index contributed by atoms with van der Waals surface area (Å²) in [6.07, 6.45) is -1.89. The maximum Gasteiger partial charge on any atom is 0.573 e. The van der Waals surface area contributed by atoms with Crippen molar-refractivity contribution < 1.29 is 17.9 Å². The van der Waals surface area contributed by atoms with Gasteiger partial charge in [0, 0.05) is 22.9 Å². The van der Waals surface area contributed by atoms with E-state index in [1.807, 2.05) is 24.3 Å². The minimum absolute atomic E-state index is 0.00117. The van der Waals surface area contributed by atoms with Crippen LogP contribution in [0.3, 0.4) is 0 Å². The molecule has 1 heterocycles. The number of benzene rings is 2. The van der Waals surface area contributed by atoms with Crippen molar-refractivity contribution >= 4 is 39.6 Å². The molecule has 0 fully saturated rings. The van der Waals surface area contributed by atoms with Gasteiger partial charge in [-0.1, -0.05) is 28.1 Å². The van der Waals surface area contributed by atoms with Crippen molar-refractivity contribution in [3.8, 4) is 5.75 Å². The van der Waals surface area contributed by atoms with E-state index < -0.39 is 6.36 Å². The van der Waals surface area contributed by atoms with E-state index in [2.05, 4.69) is 41.3 Å². The van der Waals surface area contributed by atoms with Gasteiger partial charge in [-0.2, -0.15) is 0 Å². The summed E-state index contributed by atoms with van der Waals surface area (Å²) >= 11 is 3.41. The van der Waals surface area contributed by atoms with Gasteiger partial charge in [0.15, 0.2) is 5.84 Å². The van der Waals surface area contributed by atoms with E-state index in [9.17, 15) is 13.2 Å². The predicted molar refractivity (Wildman–Crippen MR) is 109 cm³/mol. The van der Waals surface area contributed by atoms with Gasteiger partial charge in [-0.3, -0.25) is 5.41 Å². The third kappa shape index (κ3) is 6.18. The second kappa shape index (κ2) is 8.91. The van der Waals surface area contributed by atoms with Gasteiger partial charge < -0.3 is 15.4 Å². The average Bonchev–Trinajstić information content (AvgIpc) is 2.64. The number of amidine groups is 2. The maximum absolute atomic E-state index is 12.3. The summed E-state index contributed by atoms with van der Waals surface area (Å²) in [4.78, 5) is 7.99. The number of nitrogens with zero attached hydrogens (tertiary/aromatic N) is 2. The molecular formula is C19H15BrF3N5O. The molecule has 0 saturated heterocycles. The maximum atomic E-state index is 12.3. The number of alkyl halides is 3. The Balaban J connectivity index is 1.69. The Bertz CT molecular complexity index is 984. The van der Waals surface area contributed by atoms with E-state index in [1.54, 1.807) is 6.20 Å². The van der Waals surface area contributed by atoms with Crippen molar-refractivity contribution in [1.29, 1.82) is 5.41 Å². The molecule has 0 spiro atoms. The van der Waals surface area contributed by atoms with E-state index in [0.717, 1.165) is 10.0 Å². The van der Waals surface area contributed by atoms with Crippen molar-refractivity contribution in [3.05, 3.63) is 70.3 Å². The monoisotopic (exact) mass is 465 g/mol. The number of aliphatic imine (C=N–C) groups is 2. The molecule has 0 amide bonds. The van der Waals surface area contributed by atoms with E-state index in [0.29, 0.717) is 23.6 Å². The molecule has 0 bridgehead atoms. The van der Waals surface area contributed by atoms with E-state index in [4.69, 9.17) is 5.41 Å². The van der Waals surface area contributed by atoms with Crippen LogP contribution in [0.2, 0.25) is 0 Å². The van der Waals surface area contributed by atoms with Gasteiger partial charge in [-0.05, 0) is 42.0 Å². The lowest BCUT2D eigenvalue weighted by Gasteiger charge is -2.15. The highest BCUT2D eigenvalue weighted by molar-refractivity contribution is 9.10. The smallest absolute Gasteiger partial charge is 0.406 e. The second-order valence-electron chi connectivity index (χ2n) is 5.84. The van der Waals surface area contributed by atoms with Crippen LogP contribution in [-0.2, 0) is 6.54 Å². The van der Waals surface area contributed by atoms with Crippen molar-refractivity contribution in [2.24, 2.45) is 9.98 Å². The van der Waals surface area contributed by atoms with E-state index in [1.165, 1.54) is 30.6 Å². The summed E-state index contributed by atoms with van der Waals surface area (Å²) < 4.78 is 41.6. The van der Waals surface area contributed by atoms with Crippen molar-refractivity contribution in [2.75, 3.05) is 5.32 Å². The van der Waals surface area contributed by atoms with Crippen LogP contribution < -0.4 is 15.4 Å². The summed E-state index contributed by atoms with van der Waals surface area (Å²) in [5.74, 6) is 0.0203. The first-order valence-electron chi connectivity index (χ1n) is 8.30. The van der Waals surface area contributed by atoms with Crippen molar-refractivity contribution in [2.45, 2.75) is 12.9 Å². The van der Waals surface area contributed by atoms with Crippen molar-refractivity contribution in [1.82, 2.24) is 5.32 Å². The minimum Gasteiger partial charge on any atom is -0.406 e. The molecule has 29 heavy (non-hydrogen) atoms. The predicted octanol–water partition coefficient (Wildman–Crippen LogP) is 4.85. The quantitative estimate of drug-likeness (QED) is 0.590. The Morgan fingerprint density at radius 2 is 1.90 bits per heavy atom. The summed E-state index contributed by atoms with van der Waals surface area (Å²) in [6, 6.07) is 13.0. The molecule has 1 aliphatic rings. The van der Waals surface area contributed by atoms with Gasteiger partial charge in [0.05, 0.1) is 5.57 Å². The SMILES string of the molecule is N=C1N=CN=C(Nc2ccc(OC(F)(F)F)cc2)/C1=C/NCc1cccc(Br)c1. The topological polar surface area (TPSA) is 81.9 Å². The lowest BCUT2D eigenvalue weighted by atomic mass is 10.2. The molecule has 10 heteroatoms. The summed E-state index contributed by atoms with van der Waals surface area (Å²) in [7, 11) is 0. The number of nitrogens with one attached hydrogen (secondary N) is 3. The van der Waals surface area contributed by atoms with Gasteiger partial charge >= 0.3 is 6.36 Å². The van der Waals surface area contributed by atoms with Crippen LogP contribution in [0.25, 0.3) is 0 Å². The standard InChI is InChI=1S/C19H15BrF3N5O/c20-13-3-1-2-12(8-13)9-25-10-16-17(24)26-11-27-18(16)28-14-4-6-15(7-5-14)29-19(21,22)23/h1-8,10-11,25H,9H2,(H2,24,26,27,28)/b16-10+. The molecule has 0 radical (unpaired) electrons. The van der Waals surface area contributed by atoms with Gasteiger partial charge in [0.25, 0.3) is 0 Å². The summed E-state index contributed by atoms with van der Waals surface area (Å²) in [5.41, 5.74) is 1.94. The Morgan fingerprint density at radius 3 is 2.59 bits per heavy atom. The Labute approximate surface area is 172 Å². The number of rotatable bonds is 5. The molecule has 6 nitrogen and oxygen atoms in total. The Hall–Kier alpha value is -3.14. The lowest BCUT2D eigenvalue weighted by molar-refractivity contribution is -0.274. The van der Waals surface area contributed by atoms with Crippen LogP contribution in [-0.4, -0.2) is 24.4 Å². The molecule has 0 aliphatic carbocycles. The fourth-order valence-corrected chi connectivity index (χ4v) is 2.87. The molecule has 2 aromatic rings. The number of halogens is 4. The lowest BCUT2D eigenvalue weighted by Crippen LogP contribution is -2.25. The third-order valence-electron chi connectivity index (χ3n) is 3.68. The molecule has 3 N–H and O–H groups in total. The van der Waals surface area contributed by atoms with E-state index in [-0.39, 0.29) is 11.6 Å². The number of anilines is 1. The van der Waals surface area contributed by atoms with Crippen LogP contribution in [0.15, 0.2) is 74.8 Å². The average molecular weight is 466 g/mol. The van der Waals surface area contributed by atoms with Crippen LogP contribution >= 0.6 is 15.9 Å². The van der Waals surface area contributed by atoms with Crippen LogP contribution in [0.4, 0.5) is 18.9 Å². The highest BCUT2D eigenvalue weighted by atomic mass is 79.9. The molecule has 0 atom stereocenters. The fourth-order valence-electron chi connectivity index (χ4n) is 2.43. The van der Waals surface area contributed by atoms with Gasteiger partial charge in [-0.15, -0.1) is 13.2 Å². The Morgan fingerprint density at radius 1 is 1.14 bits per heavy atom. The number of ether oxygens (including phenoxy) is 1. The third-order valence-corrected chi connectivity index (χ3v) is 4.17. The van der Waals surface area contributed by atoms with Gasteiger partial charge in [-0.25, -0.2) is 9.98 Å². The van der Waals surface area contributed by atoms with Crippen LogP contribution in [0.5, 0.6) is 5.75 Å². The van der Waals surface area contributed by atoms with E-state index >= 15 is 0 Å². The summed E-state index contributed by atoms with van der Waals surface area (Å²) in [6.45, 7) is 0.524. The highest BCUT2D eigenvalue weighted by Crippen LogP contribution is 2.24. The molecule has 0 unspecified atom stereocenters. The fraction of sp³-hybridized carbons (Fsp3) is 0.105. The molecular weight excluding hydrogens is 451 g/mol. The van der Waals surface area contributed by atoms with Crippen molar-refractivity contribution in [3.63, 3.8) is 0 Å². The normalized spacial score (nSPS) is 15.2. The second-order valence-corrected chi connectivity index (χ2v) is 6.75. The number of hydrogen-bond acceptors (Lipinski definition) is 5.